The van der Waals surface area contributed by atoms with Crippen molar-refractivity contribution in [3.05, 3.63) is 0 Å². The molecule has 0 fully saturated rings. The molecule has 0 aromatic rings. The molecule has 0 aliphatic carbocycles. The summed E-state index contributed by atoms with van der Waals surface area (Å²) in [6, 6.07) is 0. The molecule has 0 amide bonds. The van der Waals surface area contributed by atoms with Crippen LogP contribution in [0.15, 0.2) is 0 Å². The molecule has 20 heavy (non-hydrogen) atoms. The number of hydrogen-bond donors (Lipinski definition) is 0. The Hall–Kier alpha value is 1.10. The largest absolute Gasteiger partial charge is 3.00 e. The van der Waals surface area contributed by atoms with Crippen molar-refractivity contribution in [2.24, 2.45) is 0 Å². The van der Waals surface area contributed by atoms with E-state index in [1.165, 1.54) is 0 Å². The summed E-state index contributed by atoms with van der Waals surface area (Å²) in [7, 11) is 0. The summed E-state index contributed by atoms with van der Waals surface area (Å²) in [6.07, 6.45) is -1.25. The summed E-state index contributed by atoms with van der Waals surface area (Å²) in [5.74, 6) is 0. The second-order valence-electron chi connectivity index (χ2n) is 3.72. The van der Waals surface area contributed by atoms with Crippen LogP contribution in [0.3, 0.4) is 0 Å². The van der Waals surface area contributed by atoms with Gasteiger partial charge in [-0.25, -0.2) is 0 Å². The second-order valence-corrected chi connectivity index (χ2v) is 3.72. The maximum atomic E-state index is 9.53. The van der Waals surface area contributed by atoms with E-state index in [1.54, 1.807) is 55.4 Å². The fourth-order valence-electron chi connectivity index (χ4n) is 0. The van der Waals surface area contributed by atoms with Gasteiger partial charge >= 0.3 is 40.4 Å². The molecule has 0 aliphatic heterocycles. The van der Waals surface area contributed by atoms with E-state index in [1.807, 2.05) is 0 Å². The second kappa shape index (κ2) is 50.1. The van der Waals surface area contributed by atoms with Gasteiger partial charge in [0.25, 0.3) is 0 Å². The maximum Gasteiger partial charge on any atom is 3.00 e. The van der Waals surface area contributed by atoms with Crippen LogP contribution in [0, 0.1) is 0 Å². The van der Waals surface area contributed by atoms with Crippen molar-refractivity contribution >= 4 is 40.4 Å². The van der Waals surface area contributed by atoms with Crippen LogP contribution in [0.5, 0.6) is 0 Å². The van der Waals surface area contributed by atoms with Gasteiger partial charge in [-0.1, -0.05) is 55.4 Å². The molecule has 0 saturated carbocycles. The predicted molar refractivity (Wildman–Crippen MR) is 78.0 cm³/mol. The Bertz CT molecular complexity index is 72.3. The predicted octanol–water partition coefficient (Wildman–Crippen LogP) is -2.76. The Labute approximate surface area is 152 Å². The molecule has 0 rings (SSSR count). The monoisotopic (exact) mass is 318 g/mol. The van der Waals surface area contributed by atoms with Crippen molar-refractivity contribution in [1.82, 2.24) is 0 Å². The normalized spacial score (nSPS) is 7.20. The van der Waals surface area contributed by atoms with Crippen molar-refractivity contribution < 1.29 is 25.5 Å². The first-order valence-electron chi connectivity index (χ1n) is 6.16. The first kappa shape index (κ1) is 42.9. The van der Waals surface area contributed by atoms with E-state index in [0.29, 0.717) is 0 Å². The summed E-state index contributed by atoms with van der Waals surface area (Å²) in [4.78, 5) is 0. The fraction of sp³-hybridized carbons (Fsp3) is 1.00. The molecule has 0 bridgehead atoms. The van der Waals surface area contributed by atoms with E-state index in [2.05, 4.69) is 0 Å². The maximum absolute atomic E-state index is 9.53. The van der Waals surface area contributed by atoms with Gasteiger partial charge in [-0.2, -0.15) is 0 Å². The molecular weight excluding hydrogens is 287 g/mol. The minimum Gasteiger partial charge on any atom is -0.855 e. The van der Waals surface area contributed by atoms with Crippen LogP contribution in [0.25, 0.3) is 0 Å². The molecule has 0 aliphatic rings. The zero-order valence-corrected chi connectivity index (χ0v) is 17.0. The number of hydrogen-bond acceptors (Lipinski definition) is 5. The van der Waals surface area contributed by atoms with Gasteiger partial charge in [0.1, 0.15) is 0 Å². The topological polar surface area (TPSA) is 115 Å². The number of rotatable bonds is 0. The molecule has 0 unspecified atom stereocenters. The van der Waals surface area contributed by atoms with E-state index in [4.69, 9.17) is 10.2 Å². The van der Waals surface area contributed by atoms with E-state index < -0.39 is 18.3 Å². The Morgan fingerprint density at radius 2 is 0.600 bits per heavy atom. The van der Waals surface area contributed by atoms with Gasteiger partial charge in [0.15, 0.2) is 0 Å². The average molecular weight is 319 g/mol. The summed E-state index contributed by atoms with van der Waals surface area (Å²) >= 11 is 0. The summed E-state index contributed by atoms with van der Waals surface area (Å²) < 4.78 is 0. The molecule has 0 heterocycles. The van der Waals surface area contributed by atoms with Gasteiger partial charge < -0.3 is 25.5 Å². The molecule has 118 valence electrons. The van der Waals surface area contributed by atoms with Crippen LogP contribution < -0.4 is 25.5 Å². The van der Waals surface area contributed by atoms with Gasteiger partial charge in [0, 0.05) is 0 Å². The van der Waals surface area contributed by atoms with Crippen molar-refractivity contribution in [1.29, 1.82) is 0 Å². The van der Waals surface area contributed by atoms with Crippen molar-refractivity contribution in [2.45, 2.75) is 73.7 Å². The van der Waals surface area contributed by atoms with E-state index in [0.717, 1.165) is 0 Å². The first-order chi connectivity index (χ1) is 8.02. The minimum atomic E-state index is -0.417. The van der Waals surface area contributed by atoms with E-state index in [9.17, 15) is 15.3 Å². The van der Waals surface area contributed by atoms with Crippen LogP contribution >= 0.6 is 0 Å². The molecule has 0 N–H and O–H groups in total. The summed E-state index contributed by atoms with van der Waals surface area (Å²) in [6.45, 7) is 12.8. The third-order valence-electron chi connectivity index (χ3n) is 0. The van der Waals surface area contributed by atoms with Gasteiger partial charge in [0.05, 0.1) is 0 Å². The zero-order chi connectivity index (χ0) is 16.1. The quantitative estimate of drug-likeness (QED) is 0.449. The van der Waals surface area contributed by atoms with E-state index >= 15 is 0 Å². The van der Waals surface area contributed by atoms with Crippen LogP contribution in [0.4, 0.5) is 0 Å². The molecule has 0 aromatic heterocycles. The molecular formula is C13H31AlMgO5. The molecule has 0 radical (unpaired) electrons. The van der Waals surface area contributed by atoms with Gasteiger partial charge in [0.2, 0.25) is 0 Å². The molecule has 0 aromatic carbocycles. The SMILES string of the molecule is CC(C)[O-].CC(C)[O-].CC(C)[O-].CC[O-].CC[O-].[Al+3].[Mg+2]. The van der Waals surface area contributed by atoms with Crippen molar-refractivity contribution in [2.75, 3.05) is 13.2 Å². The Kier molecular flexibility index (Phi) is 107. The van der Waals surface area contributed by atoms with Crippen LogP contribution in [0.1, 0.15) is 55.4 Å². The third-order valence-corrected chi connectivity index (χ3v) is 0. The van der Waals surface area contributed by atoms with Crippen molar-refractivity contribution in [3.63, 3.8) is 0 Å². The zero-order valence-electron chi connectivity index (χ0n) is 14.5. The fourth-order valence-corrected chi connectivity index (χ4v) is 0. The van der Waals surface area contributed by atoms with Crippen LogP contribution in [-0.4, -0.2) is 71.9 Å². The minimum absolute atomic E-state index is 0. The van der Waals surface area contributed by atoms with Crippen LogP contribution in [0.2, 0.25) is 0 Å². The average Bonchev–Trinajstić information content (AvgIpc) is 2.00. The van der Waals surface area contributed by atoms with Crippen molar-refractivity contribution in [3.8, 4) is 0 Å². The Balaban J connectivity index is -0.0000000207. The first-order valence-corrected chi connectivity index (χ1v) is 6.16. The molecule has 7 heteroatoms. The Morgan fingerprint density at radius 3 is 0.600 bits per heavy atom. The van der Waals surface area contributed by atoms with Crippen LogP contribution in [-0.2, 0) is 0 Å². The molecule has 0 spiro atoms. The van der Waals surface area contributed by atoms with Gasteiger partial charge in [-0.05, 0) is 0 Å². The Morgan fingerprint density at radius 1 is 0.600 bits per heavy atom. The summed E-state index contributed by atoms with van der Waals surface area (Å²) in [5.41, 5.74) is 0. The van der Waals surface area contributed by atoms with Gasteiger partial charge in [-0.15, -0.1) is 31.5 Å². The molecule has 0 atom stereocenters. The summed E-state index contributed by atoms with van der Waals surface area (Å²) in [5, 5.41) is 46.4. The smallest absolute Gasteiger partial charge is 0.855 e. The van der Waals surface area contributed by atoms with E-state index in [-0.39, 0.29) is 53.6 Å². The van der Waals surface area contributed by atoms with Gasteiger partial charge in [-0.3, -0.25) is 0 Å². The third kappa shape index (κ3) is 5180. The standard InChI is InChI=1S/3C3H7O.2C2H5O.Al.Mg/c3*1-3(2)4;2*1-2-3;;/h3*3H,1-2H3;2*2H2,1H3;;/q5*-1;+3;+2. The molecule has 0 saturated heterocycles. The molecule has 5 nitrogen and oxygen atoms in total.